The molecule has 4 nitrogen and oxygen atoms in total. The number of benzene rings is 1. The number of amides is 1. The van der Waals surface area contributed by atoms with Gasteiger partial charge in [0.2, 0.25) is 5.91 Å². The Kier molecular flexibility index (Phi) is 6.28. The molecule has 132 valence electrons. The molecule has 1 amide bonds. The molecule has 1 aromatic carbocycles. The third kappa shape index (κ3) is 5.10. The lowest BCUT2D eigenvalue weighted by atomic mass is 10.1. The highest BCUT2D eigenvalue weighted by Crippen LogP contribution is 2.13. The summed E-state index contributed by atoms with van der Waals surface area (Å²) in [4.78, 5) is 29.1. The van der Waals surface area contributed by atoms with Crippen molar-refractivity contribution in [3.05, 3.63) is 88.2 Å². The Morgan fingerprint density at radius 2 is 1.73 bits per heavy atom. The Bertz CT molecular complexity index is 928. The second kappa shape index (κ2) is 9.06. The first-order chi connectivity index (χ1) is 12.7. The standard InChI is InChI=1S/C21H20N2O2S/c24-18(19-11-7-15-26-19)10-6-13-21(25)22-20-12-4-5-14-23(20)16-17-8-2-1-3-9-17/h1-5,7-9,11-12,14-15H,6,10,13,16H2. The molecule has 2 aromatic heterocycles. The summed E-state index contributed by atoms with van der Waals surface area (Å²) in [6, 6.07) is 19.3. The molecular weight excluding hydrogens is 344 g/mol. The summed E-state index contributed by atoms with van der Waals surface area (Å²) >= 11 is 1.43. The number of rotatable bonds is 7. The van der Waals surface area contributed by atoms with Crippen molar-refractivity contribution in [1.82, 2.24) is 4.57 Å². The number of hydrogen-bond donors (Lipinski definition) is 0. The summed E-state index contributed by atoms with van der Waals surface area (Å²) in [5, 5.41) is 1.88. The van der Waals surface area contributed by atoms with Crippen LogP contribution in [0.1, 0.15) is 34.5 Å². The van der Waals surface area contributed by atoms with Crippen LogP contribution in [0.2, 0.25) is 0 Å². The lowest BCUT2D eigenvalue weighted by Gasteiger charge is -2.07. The number of nitrogens with zero attached hydrogens (tertiary/aromatic N) is 2. The van der Waals surface area contributed by atoms with Crippen molar-refractivity contribution in [2.75, 3.05) is 0 Å². The second-order valence-corrected chi connectivity index (χ2v) is 6.88. The number of Topliss-reactive ketones (excluding diaryl/α,β-unsaturated/α-hetero) is 1. The fourth-order valence-corrected chi connectivity index (χ4v) is 3.32. The molecule has 0 saturated heterocycles. The molecule has 0 aliphatic carbocycles. The van der Waals surface area contributed by atoms with E-state index in [9.17, 15) is 9.59 Å². The molecule has 26 heavy (non-hydrogen) atoms. The van der Waals surface area contributed by atoms with E-state index in [0.717, 1.165) is 10.4 Å². The highest BCUT2D eigenvalue weighted by Gasteiger charge is 2.08. The van der Waals surface area contributed by atoms with E-state index >= 15 is 0 Å². The predicted molar refractivity (Wildman–Crippen MR) is 103 cm³/mol. The minimum absolute atomic E-state index is 0.0895. The monoisotopic (exact) mass is 364 g/mol. The molecule has 0 N–H and O–H groups in total. The minimum Gasteiger partial charge on any atom is -0.329 e. The van der Waals surface area contributed by atoms with Crippen molar-refractivity contribution >= 4 is 23.0 Å². The van der Waals surface area contributed by atoms with Gasteiger partial charge in [-0.2, -0.15) is 4.99 Å². The van der Waals surface area contributed by atoms with Crippen molar-refractivity contribution in [3.63, 3.8) is 0 Å². The maximum Gasteiger partial charge on any atom is 0.247 e. The van der Waals surface area contributed by atoms with Crippen LogP contribution in [0.25, 0.3) is 0 Å². The molecule has 0 radical (unpaired) electrons. The van der Waals surface area contributed by atoms with Gasteiger partial charge in [0.15, 0.2) is 5.78 Å². The van der Waals surface area contributed by atoms with E-state index in [2.05, 4.69) is 4.99 Å². The van der Waals surface area contributed by atoms with Gasteiger partial charge in [0.25, 0.3) is 0 Å². The first-order valence-electron chi connectivity index (χ1n) is 8.56. The summed E-state index contributed by atoms with van der Waals surface area (Å²) in [7, 11) is 0. The summed E-state index contributed by atoms with van der Waals surface area (Å²) in [5.74, 6) is -0.108. The molecule has 3 rings (SSSR count). The fraction of sp³-hybridized carbons (Fsp3) is 0.190. The lowest BCUT2D eigenvalue weighted by molar-refractivity contribution is -0.118. The van der Waals surface area contributed by atoms with E-state index in [1.54, 1.807) is 0 Å². The van der Waals surface area contributed by atoms with E-state index in [1.807, 2.05) is 76.8 Å². The van der Waals surface area contributed by atoms with Gasteiger partial charge in [0.1, 0.15) is 5.49 Å². The van der Waals surface area contributed by atoms with E-state index in [-0.39, 0.29) is 18.1 Å². The van der Waals surface area contributed by atoms with E-state index in [4.69, 9.17) is 0 Å². The Morgan fingerprint density at radius 1 is 0.923 bits per heavy atom. The topological polar surface area (TPSA) is 51.4 Å². The van der Waals surface area contributed by atoms with Gasteiger partial charge >= 0.3 is 0 Å². The molecule has 3 aromatic rings. The van der Waals surface area contributed by atoms with Crippen LogP contribution in [-0.4, -0.2) is 16.3 Å². The summed E-state index contributed by atoms with van der Waals surface area (Å²) < 4.78 is 1.95. The number of carbonyl (C=O) groups is 2. The van der Waals surface area contributed by atoms with Crippen LogP contribution in [0.3, 0.4) is 0 Å². The maximum atomic E-state index is 12.2. The third-order valence-electron chi connectivity index (χ3n) is 3.94. The minimum atomic E-state index is -0.197. The van der Waals surface area contributed by atoms with Gasteiger partial charge in [-0.05, 0) is 35.6 Å². The normalized spacial score (nSPS) is 11.5. The average molecular weight is 364 g/mol. The van der Waals surface area contributed by atoms with Crippen LogP contribution in [0, 0.1) is 0 Å². The number of aromatic nitrogens is 1. The predicted octanol–water partition coefficient (Wildman–Crippen LogP) is 4.08. The summed E-state index contributed by atoms with van der Waals surface area (Å²) in [5.41, 5.74) is 1.78. The molecule has 2 heterocycles. The number of ketones is 1. The van der Waals surface area contributed by atoms with Gasteiger partial charge in [-0.15, -0.1) is 11.3 Å². The molecule has 5 heteroatoms. The molecule has 0 fully saturated rings. The molecule has 0 saturated carbocycles. The SMILES string of the molecule is O=C(CCCC(=O)c1cccs1)N=c1ccccn1Cc1ccccc1. The number of pyridine rings is 1. The van der Waals surface area contributed by atoms with Crippen molar-refractivity contribution in [3.8, 4) is 0 Å². The smallest absolute Gasteiger partial charge is 0.247 e. The number of hydrogen-bond acceptors (Lipinski definition) is 3. The molecule has 0 bridgehead atoms. The maximum absolute atomic E-state index is 12.2. The Balaban J connectivity index is 1.62. The van der Waals surface area contributed by atoms with Crippen LogP contribution in [0.15, 0.2) is 77.2 Å². The zero-order valence-corrected chi connectivity index (χ0v) is 15.2. The van der Waals surface area contributed by atoms with Crippen LogP contribution < -0.4 is 5.49 Å². The van der Waals surface area contributed by atoms with Crippen molar-refractivity contribution < 1.29 is 9.59 Å². The van der Waals surface area contributed by atoms with E-state index in [1.165, 1.54) is 11.3 Å². The van der Waals surface area contributed by atoms with Gasteiger partial charge < -0.3 is 4.57 Å². The summed E-state index contributed by atoms with van der Waals surface area (Å²) in [6.45, 7) is 0.657. The van der Waals surface area contributed by atoms with Crippen LogP contribution in [0.5, 0.6) is 0 Å². The van der Waals surface area contributed by atoms with Gasteiger partial charge in [0.05, 0.1) is 4.88 Å². The highest BCUT2D eigenvalue weighted by molar-refractivity contribution is 7.12. The van der Waals surface area contributed by atoms with E-state index in [0.29, 0.717) is 24.9 Å². The van der Waals surface area contributed by atoms with Crippen molar-refractivity contribution in [2.24, 2.45) is 4.99 Å². The number of carbonyl (C=O) groups excluding carboxylic acids is 2. The Hall–Kier alpha value is -2.79. The van der Waals surface area contributed by atoms with Gasteiger partial charge in [-0.1, -0.05) is 42.5 Å². The van der Waals surface area contributed by atoms with E-state index < -0.39 is 0 Å². The second-order valence-electron chi connectivity index (χ2n) is 5.93. The fourth-order valence-electron chi connectivity index (χ4n) is 2.63. The van der Waals surface area contributed by atoms with Crippen molar-refractivity contribution in [2.45, 2.75) is 25.8 Å². The highest BCUT2D eigenvalue weighted by atomic mass is 32.1. The zero-order valence-electron chi connectivity index (χ0n) is 14.4. The average Bonchev–Trinajstić information content (AvgIpc) is 3.19. The van der Waals surface area contributed by atoms with Crippen molar-refractivity contribution in [1.29, 1.82) is 0 Å². The molecule has 0 atom stereocenters. The Morgan fingerprint density at radius 3 is 2.50 bits per heavy atom. The first kappa shape index (κ1) is 18.0. The summed E-state index contributed by atoms with van der Waals surface area (Å²) in [6.07, 6.45) is 3.09. The Labute approximate surface area is 156 Å². The number of thiophene rings is 1. The molecule has 0 spiro atoms. The van der Waals surface area contributed by atoms with Crippen LogP contribution >= 0.6 is 11.3 Å². The molecule has 0 unspecified atom stereocenters. The zero-order chi connectivity index (χ0) is 18.2. The first-order valence-corrected chi connectivity index (χ1v) is 9.44. The lowest BCUT2D eigenvalue weighted by Crippen LogP contribution is -2.22. The molecule has 0 aliphatic rings. The van der Waals surface area contributed by atoms with Gasteiger partial charge in [-0.3, -0.25) is 9.59 Å². The molecule has 0 aliphatic heterocycles. The largest absolute Gasteiger partial charge is 0.329 e. The third-order valence-corrected chi connectivity index (χ3v) is 4.85. The van der Waals surface area contributed by atoms with Crippen LogP contribution in [0.4, 0.5) is 0 Å². The molecular formula is C21H20N2O2S. The van der Waals surface area contributed by atoms with Gasteiger partial charge in [0, 0.05) is 25.6 Å². The van der Waals surface area contributed by atoms with Crippen LogP contribution in [-0.2, 0) is 11.3 Å². The van der Waals surface area contributed by atoms with Gasteiger partial charge in [-0.25, -0.2) is 0 Å². The quantitative estimate of drug-likeness (QED) is 0.593.